The van der Waals surface area contributed by atoms with Gasteiger partial charge in [0.1, 0.15) is 11.3 Å². The summed E-state index contributed by atoms with van der Waals surface area (Å²) >= 11 is 0. The summed E-state index contributed by atoms with van der Waals surface area (Å²) in [5, 5.41) is 0. The lowest BCUT2D eigenvalue weighted by Gasteiger charge is -2.11. The molecule has 0 aliphatic heterocycles. The van der Waals surface area contributed by atoms with Gasteiger partial charge < -0.3 is 15.2 Å². The number of anilines is 1. The molecule has 0 saturated carbocycles. The topological polar surface area (TPSA) is 61.5 Å². The van der Waals surface area contributed by atoms with Crippen LogP contribution in [0.25, 0.3) is 0 Å². The van der Waals surface area contributed by atoms with Crippen molar-refractivity contribution in [2.75, 3.05) is 12.8 Å². The van der Waals surface area contributed by atoms with Crippen molar-refractivity contribution in [3.8, 4) is 11.5 Å². The fourth-order valence-electron chi connectivity index (χ4n) is 1.59. The van der Waals surface area contributed by atoms with Gasteiger partial charge in [-0.1, -0.05) is 12.1 Å². The van der Waals surface area contributed by atoms with Crippen molar-refractivity contribution in [3.05, 3.63) is 53.6 Å². The third-order valence-corrected chi connectivity index (χ3v) is 2.58. The van der Waals surface area contributed by atoms with Gasteiger partial charge >= 0.3 is 5.97 Å². The van der Waals surface area contributed by atoms with Crippen LogP contribution in [0.2, 0.25) is 0 Å². The lowest BCUT2D eigenvalue weighted by Crippen LogP contribution is -2.05. The number of hydrogen-bond acceptors (Lipinski definition) is 4. The fraction of sp³-hybridized carbons (Fsp3) is 0.0714. The van der Waals surface area contributed by atoms with Crippen LogP contribution >= 0.6 is 0 Å². The van der Waals surface area contributed by atoms with Crippen LogP contribution in [0, 0.1) is 11.6 Å². The maximum absolute atomic E-state index is 13.8. The minimum absolute atomic E-state index is 0.0252. The van der Waals surface area contributed by atoms with Gasteiger partial charge in [0.05, 0.1) is 12.8 Å². The summed E-state index contributed by atoms with van der Waals surface area (Å²) in [5.41, 5.74) is 5.15. The van der Waals surface area contributed by atoms with E-state index in [9.17, 15) is 13.6 Å². The molecule has 20 heavy (non-hydrogen) atoms. The molecule has 6 heteroatoms. The molecule has 0 bridgehead atoms. The van der Waals surface area contributed by atoms with Crippen molar-refractivity contribution in [3.63, 3.8) is 0 Å². The summed E-state index contributed by atoms with van der Waals surface area (Å²) in [6.07, 6.45) is 0. The minimum atomic E-state index is -1.02. The SMILES string of the molecule is COC(=O)c1ccccc1Oc1c(F)ccc(N)c1F. The molecular weight excluding hydrogens is 268 g/mol. The third-order valence-electron chi connectivity index (χ3n) is 2.58. The van der Waals surface area contributed by atoms with Crippen molar-refractivity contribution < 1.29 is 23.0 Å². The molecule has 0 aromatic heterocycles. The maximum atomic E-state index is 13.8. The minimum Gasteiger partial charge on any atom is -0.465 e. The zero-order valence-corrected chi connectivity index (χ0v) is 10.5. The number of nitrogens with two attached hydrogens (primary N) is 1. The Labute approximate surface area is 113 Å². The summed E-state index contributed by atoms with van der Waals surface area (Å²) in [7, 11) is 1.20. The summed E-state index contributed by atoms with van der Waals surface area (Å²) in [6.45, 7) is 0. The number of benzene rings is 2. The first-order valence-electron chi connectivity index (χ1n) is 5.63. The molecule has 0 atom stereocenters. The monoisotopic (exact) mass is 279 g/mol. The highest BCUT2D eigenvalue weighted by atomic mass is 19.1. The normalized spacial score (nSPS) is 10.2. The first-order valence-corrected chi connectivity index (χ1v) is 5.63. The van der Waals surface area contributed by atoms with Crippen LogP contribution < -0.4 is 10.5 Å². The molecule has 0 heterocycles. The Bertz CT molecular complexity index is 659. The van der Waals surface area contributed by atoms with Crippen LogP contribution in [0.15, 0.2) is 36.4 Å². The predicted octanol–water partition coefficient (Wildman–Crippen LogP) is 3.13. The average Bonchev–Trinajstić information content (AvgIpc) is 2.47. The van der Waals surface area contributed by atoms with Crippen LogP contribution in [0.4, 0.5) is 14.5 Å². The number of halogens is 2. The third kappa shape index (κ3) is 2.54. The summed E-state index contributed by atoms with van der Waals surface area (Å²) < 4.78 is 37.1. The van der Waals surface area contributed by atoms with Gasteiger partial charge in [0, 0.05) is 0 Å². The van der Waals surface area contributed by atoms with Gasteiger partial charge in [-0.15, -0.1) is 0 Å². The first kappa shape index (κ1) is 13.8. The smallest absolute Gasteiger partial charge is 0.341 e. The summed E-state index contributed by atoms with van der Waals surface area (Å²) in [6, 6.07) is 8.02. The lowest BCUT2D eigenvalue weighted by molar-refractivity contribution is 0.0597. The van der Waals surface area contributed by atoms with E-state index in [1.54, 1.807) is 12.1 Å². The van der Waals surface area contributed by atoms with Gasteiger partial charge in [-0.05, 0) is 24.3 Å². The van der Waals surface area contributed by atoms with Gasteiger partial charge in [-0.3, -0.25) is 0 Å². The second-order valence-electron chi connectivity index (χ2n) is 3.87. The van der Waals surface area contributed by atoms with E-state index in [-0.39, 0.29) is 17.0 Å². The van der Waals surface area contributed by atoms with Crippen molar-refractivity contribution >= 4 is 11.7 Å². The van der Waals surface area contributed by atoms with Crippen molar-refractivity contribution in [2.24, 2.45) is 0 Å². The number of rotatable bonds is 3. The van der Waals surface area contributed by atoms with Crippen LogP contribution in [0.5, 0.6) is 11.5 Å². The molecule has 0 fully saturated rings. The van der Waals surface area contributed by atoms with E-state index in [1.807, 2.05) is 0 Å². The van der Waals surface area contributed by atoms with Gasteiger partial charge in [0.25, 0.3) is 0 Å². The number of nitrogen functional groups attached to an aromatic ring is 1. The van der Waals surface area contributed by atoms with Crippen LogP contribution in [-0.4, -0.2) is 13.1 Å². The second-order valence-corrected chi connectivity index (χ2v) is 3.87. The zero-order valence-electron chi connectivity index (χ0n) is 10.5. The van der Waals surface area contributed by atoms with Gasteiger partial charge in [0.2, 0.25) is 5.75 Å². The van der Waals surface area contributed by atoms with Crippen molar-refractivity contribution in [1.82, 2.24) is 0 Å². The highest BCUT2D eigenvalue weighted by Crippen LogP contribution is 2.32. The molecule has 2 rings (SSSR count). The molecule has 2 aromatic carbocycles. The van der Waals surface area contributed by atoms with E-state index >= 15 is 0 Å². The van der Waals surface area contributed by atoms with Crippen LogP contribution in [-0.2, 0) is 4.74 Å². The lowest BCUT2D eigenvalue weighted by atomic mass is 10.2. The van der Waals surface area contributed by atoms with Gasteiger partial charge in [-0.2, -0.15) is 0 Å². The largest absolute Gasteiger partial charge is 0.465 e. The molecule has 2 aromatic rings. The second kappa shape index (κ2) is 5.56. The Balaban J connectivity index is 2.46. The number of carbonyl (C=O) groups excluding carboxylic acids is 1. The van der Waals surface area contributed by atoms with E-state index < -0.39 is 23.4 Å². The first-order chi connectivity index (χ1) is 9.54. The number of carbonyl (C=O) groups is 1. The number of ether oxygens (including phenoxy) is 2. The molecule has 104 valence electrons. The van der Waals surface area contributed by atoms with Crippen molar-refractivity contribution in [1.29, 1.82) is 0 Å². The van der Waals surface area contributed by atoms with E-state index in [1.165, 1.54) is 19.2 Å². The Hall–Kier alpha value is -2.63. The Morgan fingerprint density at radius 2 is 1.85 bits per heavy atom. The number of hydrogen-bond donors (Lipinski definition) is 1. The molecule has 0 spiro atoms. The standard InChI is InChI=1S/C14H11F2NO3/c1-19-14(18)8-4-2-3-5-11(8)20-13-9(15)6-7-10(17)12(13)16/h2-7H,17H2,1H3. The molecule has 0 amide bonds. The average molecular weight is 279 g/mol. The Morgan fingerprint density at radius 3 is 2.55 bits per heavy atom. The molecule has 0 saturated heterocycles. The predicted molar refractivity (Wildman–Crippen MR) is 68.6 cm³/mol. The number of esters is 1. The molecule has 0 aliphatic rings. The molecule has 0 aliphatic carbocycles. The van der Waals surface area contributed by atoms with E-state index in [4.69, 9.17) is 10.5 Å². The Kier molecular flexibility index (Phi) is 3.84. The Morgan fingerprint density at radius 1 is 1.15 bits per heavy atom. The molecular formula is C14H11F2NO3. The van der Waals surface area contributed by atoms with E-state index in [0.29, 0.717) is 0 Å². The van der Waals surface area contributed by atoms with Crippen LogP contribution in [0.1, 0.15) is 10.4 Å². The molecule has 4 nitrogen and oxygen atoms in total. The molecule has 0 unspecified atom stereocenters. The summed E-state index contributed by atoms with van der Waals surface area (Å²) in [4.78, 5) is 11.5. The van der Waals surface area contributed by atoms with E-state index in [0.717, 1.165) is 12.1 Å². The number of methoxy groups -OCH3 is 1. The quantitative estimate of drug-likeness (QED) is 0.692. The highest BCUT2D eigenvalue weighted by molar-refractivity contribution is 5.92. The molecule has 0 radical (unpaired) electrons. The fourth-order valence-corrected chi connectivity index (χ4v) is 1.59. The summed E-state index contributed by atoms with van der Waals surface area (Å²) in [5.74, 6) is -3.31. The number of para-hydroxylation sites is 1. The van der Waals surface area contributed by atoms with E-state index in [2.05, 4.69) is 4.74 Å². The van der Waals surface area contributed by atoms with Gasteiger partial charge in [0.15, 0.2) is 11.6 Å². The molecule has 2 N–H and O–H groups in total. The van der Waals surface area contributed by atoms with Gasteiger partial charge in [-0.25, -0.2) is 13.6 Å². The highest BCUT2D eigenvalue weighted by Gasteiger charge is 2.18. The van der Waals surface area contributed by atoms with Crippen LogP contribution in [0.3, 0.4) is 0 Å². The zero-order chi connectivity index (χ0) is 14.7. The van der Waals surface area contributed by atoms with Crippen molar-refractivity contribution in [2.45, 2.75) is 0 Å². The maximum Gasteiger partial charge on any atom is 0.341 e.